The average molecular weight is 245 g/mol. The number of carbonyl (C=O) groups excluding carboxylic acids is 1. The van der Waals surface area contributed by atoms with E-state index in [1.807, 2.05) is 13.8 Å². The van der Waals surface area contributed by atoms with Gasteiger partial charge < -0.3 is 15.2 Å². The molecule has 0 aliphatic rings. The molecular weight excluding hydrogens is 222 g/mol. The number of carboxylic acid groups (broad SMARTS) is 1. The highest BCUT2D eigenvalue weighted by Gasteiger charge is 2.27. The monoisotopic (exact) mass is 245 g/mol. The average Bonchev–Trinajstić information content (AvgIpc) is 2.11. The summed E-state index contributed by atoms with van der Waals surface area (Å²) in [4.78, 5) is 22.1. The minimum atomic E-state index is -0.861. The molecule has 0 aliphatic carbocycles. The van der Waals surface area contributed by atoms with Crippen molar-refractivity contribution in [2.45, 2.75) is 53.1 Å². The van der Waals surface area contributed by atoms with Crippen LogP contribution >= 0.6 is 0 Å². The van der Waals surface area contributed by atoms with E-state index in [0.717, 1.165) is 0 Å². The van der Waals surface area contributed by atoms with E-state index in [4.69, 9.17) is 9.84 Å². The molecule has 0 fully saturated rings. The van der Waals surface area contributed by atoms with Crippen LogP contribution in [0.25, 0.3) is 0 Å². The Morgan fingerprint density at radius 3 is 2.12 bits per heavy atom. The Kier molecular flexibility index (Phi) is 5.45. The molecule has 0 bridgehead atoms. The highest BCUT2D eigenvalue weighted by atomic mass is 16.6. The Bertz CT molecular complexity index is 283. The van der Waals surface area contributed by atoms with Crippen molar-refractivity contribution in [1.82, 2.24) is 5.32 Å². The minimum absolute atomic E-state index is 0.0271. The van der Waals surface area contributed by atoms with E-state index in [0.29, 0.717) is 13.0 Å². The van der Waals surface area contributed by atoms with Crippen molar-refractivity contribution in [3.05, 3.63) is 0 Å². The third-order valence-electron chi connectivity index (χ3n) is 2.49. The molecule has 0 aromatic heterocycles. The van der Waals surface area contributed by atoms with Crippen molar-refractivity contribution < 1.29 is 19.4 Å². The van der Waals surface area contributed by atoms with Crippen molar-refractivity contribution >= 4 is 12.1 Å². The van der Waals surface area contributed by atoms with Crippen LogP contribution in [0.1, 0.15) is 47.5 Å². The van der Waals surface area contributed by atoms with Gasteiger partial charge in [-0.2, -0.15) is 0 Å². The van der Waals surface area contributed by atoms with Gasteiger partial charge in [-0.05, 0) is 32.6 Å². The van der Waals surface area contributed by atoms with Gasteiger partial charge >= 0.3 is 12.1 Å². The molecule has 100 valence electrons. The Morgan fingerprint density at radius 2 is 1.76 bits per heavy atom. The molecule has 5 nitrogen and oxygen atoms in total. The molecule has 1 atom stereocenters. The van der Waals surface area contributed by atoms with E-state index in [1.54, 1.807) is 20.8 Å². The minimum Gasteiger partial charge on any atom is -0.481 e. The van der Waals surface area contributed by atoms with Crippen LogP contribution < -0.4 is 5.32 Å². The predicted molar refractivity (Wildman–Crippen MR) is 64.9 cm³/mol. The van der Waals surface area contributed by atoms with Crippen LogP contribution in [-0.2, 0) is 9.53 Å². The molecule has 0 aromatic carbocycles. The molecule has 17 heavy (non-hydrogen) atoms. The molecule has 0 rings (SSSR count). The maximum absolute atomic E-state index is 11.4. The molecule has 1 unspecified atom stereocenters. The third kappa shape index (κ3) is 7.60. The molecule has 0 saturated heterocycles. The van der Waals surface area contributed by atoms with E-state index in [9.17, 15) is 9.59 Å². The topological polar surface area (TPSA) is 75.6 Å². The van der Waals surface area contributed by atoms with Gasteiger partial charge in [0.15, 0.2) is 0 Å². The smallest absolute Gasteiger partial charge is 0.407 e. The maximum atomic E-state index is 11.4. The second-order valence-corrected chi connectivity index (χ2v) is 5.59. The molecule has 1 amide bonds. The lowest BCUT2D eigenvalue weighted by molar-refractivity contribution is -0.139. The summed E-state index contributed by atoms with van der Waals surface area (Å²) >= 11 is 0. The first-order chi connectivity index (χ1) is 7.58. The fourth-order valence-electron chi connectivity index (χ4n) is 1.28. The normalized spacial score (nSPS) is 14.9. The van der Waals surface area contributed by atoms with Gasteiger partial charge in [0.25, 0.3) is 0 Å². The van der Waals surface area contributed by atoms with Crippen molar-refractivity contribution in [2.75, 3.05) is 6.54 Å². The molecule has 2 N–H and O–H groups in total. The summed E-state index contributed by atoms with van der Waals surface area (Å²) in [5.74, 6) is -0.861. The van der Waals surface area contributed by atoms with Crippen LogP contribution in [-0.4, -0.2) is 29.3 Å². The second kappa shape index (κ2) is 5.89. The molecule has 0 heterocycles. The first-order valence-electron chi connectivity index (χ1n) is 5.76. The van der Waals surface area contributed by atoms with Gasteiger partial charge in [-0.1, -0.05) is 13.8 Å². The summed E-state index contributed by atoms with van der Waals surface area (Å²) in [5.41, 5.74) is -0.984. The van der Waals surface area contributed by atoms with E-state index < -0.39 is 23.1 Å². The zero-order valence-electron chi connectivity index (χ0n) is 11.3. The number of aliphatic carboxylic acids is 1. The van der Waals surface area contributed by atoms with Gasteiger partial charge in [-0.3, -0.25) is 4.79 Å². The van der Waals surface area contributed by atoms with Gasteiger partial charge in [0.2, 0.25) is 0 Å². The van der Waals surface area contributed by atoms with Gasteiger partial charge in [0, 0.05) is 6.54 Å². The van der Waals surface area contributed by atoms with E-state index in [2.05, 4.69) is 5.32 Å². The van der Waals surface area contributed by atoms with E-state index in [1.165, 1.54) is 0 Å². The third-order valence-corrected chi connectivity index (χ3v) is 2.49. The molecule has 0 radical (unpaired) electrons. The Morgan fingerprint density at radius 1 is 1.24 bits per heavy atom. The first-order valence-corrected chi connectivity index (χ1v) is 5.76. The summed E-state index contributed by atoms with van der Waals surface area (Å²) < 4.78 is 5.09. The summed E-state index contributed by atoms with van der Waals surface area (Å²) in [7, 11) is 0. The molecule has 0 aromatic rings. The Hall–Kier alpha value is -1.26. The maximum Gasteiger partial charge on any atom is 0.407 e. The van der Waals surface area contributed by atoms with Gasteiger partial charge in [0.1, 0.15) is 5.60 Å². The highest BCUT2D eigenvalue weighted by molar-refractivity contribution is 5.69. The number of ether oxygens (including phenoxy) is 1. The van der Waals surface area contributed by atoms with Gasteiger partial charge in [-0.25, -0.2) is 4.79 Å². The number of hydrogen-bond acceptors (Lipinski definition) is 3. The van der Waals surface area contributed by atoms with Crippen LogP contribution in [0.5, 0.6) is 0 Å². The number of alkyl carbamates (subject to hydrolysis) is 1. The van der Waals surface area contributed by atoms with Crippen molar-refractivity contribution in [1.29, 1.82) is 0 Å². The van der Waals surface area contributed by atoms with Crippen LogP contribution in [0, 0.1) is 5.41 Å². The highest BCUT2D eigenvalue weighted by Crippen LogP contribution is 2.24. The fraction of sp³-hybridized carbons (Fsp3) is 0.833. The number of nitrogens with one attached hydrogen (secondary N) is 1. The Balaban J connectivity index is 4.24. The number of amides is 1. The number of hydrogen-bond donors (Lipinski definition) is 2. The van der Waals surface area contributed by atoms with Crippen LogP contribution in [0.3, 0.4) is 0 Å². The summed E-state index contributed by atoms with van der Waals surface area (Å²) in [5, 5.41) is 11.4. The molecular formula is C12H23NO4. The van der Waals surface area contributed by atoms with Crippen LogP contribution in [0.4, 0.5) is 4.79 Å². The zero-order chi connectivity index (χ0) is 13.7. The SMILES string of the molecule is CCC(C)(CNC(=O)OC(C)(C)C)CC(=O)O. The standard InChI is InChI=1S/C12H23NO4/c1-6-12(5,7-9(14)15)8-13-10(16)17-11(2,3)4/h6-8H2,1-5H3,(H,13,16)(H,14,15). The summed E-state index contributed by atoms with van der Waals surface area (Å²) in [6.45, 7) is 9.37. The summed E-state index contributed by atoms with van der Waals surface area (Å²) in [6, 6.07) is 0. The number of rotatable bonds is 5. The quantitative estimate of drug-likeness (QED) is 0.779. The number of carbonyl (C=O) groups is 2. The van der Waals surface area contributed by atoms with Gasteiger partial charge in [-0.15, -0.1) is 0 Å². The predicted octanol–water partition coefficient (Wildman–Crippen LogP) is 2.40. The largest absolute Gasteiger partial charge is 0.481 e. The molecule has 0 spiro atoms. The number of carboxylic acids is 1. The van der Waals surface area contributed by atoms with Crippen molar-refractivity contribution in [2.24, 2.45) is 5.41 Å². The summed E-state index contributed by atoms with van der Waals surface area (Å²) in [6.07, 6.45) is 0.191. The van der Waals surface area contributed by atoms with E-state index in [-0.39, 0.29) is 6.42 Å². The lowest BCUT2D eigenvalue weighted by Gasteiger charge is -2.27. The van der Waals surface area contributed by atoms with Crippen molar-refractivity contribution in [3.63, 3.8) is 0 Å². The second-order valence-electron chi connectivity index (χ2n) is 5.59. The lowest BCUT2D eigenvalue weighted by atomic mass is 9.84. The molecule has 0 aliphatic heterocycles. The fourth-order valence-corrected chi connectivity index (χ4v) is 1.28. The zero-order valence-corrected chi connectivity index (χ0v) is 11.3. The van der Waals surface area contributed by atoms with Crippen LogP contribution in [0.15, 0.2) is 0 Å². The molecule has 0 saturated carbocycles. The van der Waals surface area contributed by atoms with Crippen LogP contribution in [0.2, 0.25) is 0 Å². The lowest BCUT2D eigenvalue weighted by Crippen LogP contribution is -2.39. The van der Waals surface area contributed by atoms with Crippen molar-refractivity contribution in [3.8, 4) is 0 Å². The van der Waals surface area contributed by atoms with Gasteiger partial charge in [0.05, 0.1) is 6.42 Å². The first kappa shape index (κ1) is 15.7. The Labute approximate surface area is 103 Å². The molecule has 5 heteroatoms. The van der Waals surface area contributed by atoms with E-state index >= 15 is 0 Å².